The minimum absolute atomic E-state index is 0.0916. The van der Waals surface area contributed by atoms with Gasteiger partial charge in [0.25, 0.3) is 0 Å². The second-order valence-corrected chi connectivity index (χ2v) is 6.32. The van der Waals surface area contributed by atoms with Crippen LogP contribution in [0.1, 0.15) is 16.7 Å². The molecule has 2 aromatic carbocycles. The van der Waals surface area contributed by atoms with Gasteiger partial charge in [-0.05, 0) is 25.1 Å². The van der Waals surface area contributed by atoms with Gasteiger partial charge in [0.15, 0.2) is 0 Å². The monoisotopic (exact) mass is 301 g/mol. The van der Waals surface area contributed by atoms with Crippen LogP contribution < -0.4 is 5.32 Å². The average Bonchev–Trinajstić information content (AvgIpc) is 2.53. The molecule has 0 heterocycles. The number of benzene rings is 2. The van der Waals surface area contributed by atoms with Crippen molar-refractivity contribution in [3.05, 3.63) is 71.3 Å². The van der Waals surface area contributed by atoms with E-state index in [1.807, 2.05) is 37.0 Å². The molecule has 0 aromatic heterocycles. The fourth-order valence-corrected chi connectivity index (χ4v) is 3.69. The van der Waals surface area contributed by atoms with E-state index in [4.69, 9.17) is 0 Å². The average molecular weight is 301 g/mol. The van der Waals surface area contributed by atoms with E-state index >= 15 is 0 Å². The number of aliphatic hydroxyl groups excluding tert-OH is 1. The summed E-state index contributed by atoms with van der Waals surface area (Å²) in [5.41, 5.74) is 3.37. The maximum Gasteiger partial charge on any atom is 0.0758 e. The Bertz CT molecular complexity index is 552. The molecule has 0 spiro atoms. The lowest BCUT2D eigenvalue weighted by molar-refractivity contribution is 0.187. The van der Waals surface area contributed by atoms with E-state index in [0.29, 0.717) is 0 Å². The molecule has 2 aromatic rings. The first-order valence-electron chi connectivity index (χ1n) is 7.19. The molecule has 2 rings (SSSR count). The van der Waals surface area contributed by atoms with Crippen molar-refractivity contribution in [2.24, 2.45) is 0 Å². The number of thioether (sulfide) groups is 1. The number of rotatable bonds is 7. The fraction of sp³-hybridized carbons (Fsp3) is 0.333. The second-order valence-electron chi connectivity index (χ2n) is 5.34. The van der Waals surface area contributed by atoms with Gasteiger partial charge in [-0.1, -0.05) is 60.2 Å². The van der Waals surface area contributed by atoms with Gasteiger partial charge in [0.1, 0.15) is 0 Å². The van der Waals surface area contributed by atoms with Gasteiger partial charge in [-0.3, -0.25) is 0 Å². The smallest absolute Gasteiger partial charge is 0.0758 e. The molecule has 0 aliphatic heterocycles. The topological polar surface area (TPSA) is 32.3 Å². The molecule has 0 fully saturated rings. The largest absolute Gasteiger partial charge is 0.394 e. The molecule has 0 aliphatic carbocycles. The summed E-state index contributed by atoms with van der Waals surface area (Å²) >= 11 is 1.84. The van der Waals surface area contributed by atoms with Crippen LogP contribution >= 0.6 is 11.8 Å². The van der Waals surface area contributed by atoms with Crippen molar-refractivity contribution in [1.82, 2.24) is 5.32 Å². The molecule has 21 heavy (non-hydrogen) atoms. The summed E-state index contributed by atoms with van der Waals surface area (Å²) < 4.78 is 0. The maximum atomic E-state index is 9.90. The first kappa shape index (κ1) is 16.1. The van der Waals surface area contributed by atoms with Crippen LogP contribution in [0.2, 0.25) is 0 Å². The molecule has 0 amide bonds. The van der Waals surface area contributed by atoms with E-state index in [2.05, 4.69) is 48.6 Å². The lowest BCUT2D eigenvalue weighted by atomic mass is 9.93. The molecule has 0 saturated heterocycles. The first-order chi connectivity index (χ1) is 10.2. The summed E-state index contributed by atoms with van der Waals surface area (Å²) in [5.74, 6) is 1.79. The van der Waals surface area contributed by atoms with Crippen LogP contribution in [-0.4, -0.2) is 24.5 Å². The molecule has 112 valence electrons. The quantitative estimate of drug-likeness (QED) is 0.823. The molecule has 0 radical (unpaired) electrons. The zero-order valence-corrected chi connectivity index (χ0v) is 13.5. The lowest BCUT2D eigenvalue weighted by Gasteiger charge is -2.32. The predicted molar refractivity (Wildman–Crippen MR) is 91.6 cm³/mol. The second kappa shape index (κ2) is 7.64. The number of likely N-dealkylation sites (N-methyl/N-ethyl adjacent to an activating group) is 1. The summed E-state index contributed by atoms with van der Waals surface area (Å²) in [5, 5.41) is 13.2. The highest BCUT2D eigenvalue weighted by atomic mass is 32.2. The fourth-order valence-electron chi connectivity index (χ4n) is 2.42. The minimum atomic E-state index is -0.379. The number of aliphatic hydroxyl groups is 1. The maximum absolute atomic E-state index is 9.90. The molecule has 0 saturated carbocycles. The van der Waals surface area contributed by atoms with Gasteiger partial charge < -0.3 is 10.4 Å². The Hall–Kier alpha value is -1.29. The normalized spacial score (nSPS) is 13.9. The third-order valence-corrected chi connectivity index (χ3v) is 5.01. The first-order valence-corrected chi connectivity index (χ1v) is 8.34. The summed E-state index contributed by atoms with van der Waals surface area (Å²) in [6.07, 6.45) is 0. The summed E-state index contributed by atoms with van der Waals surface area (Å²) in [6.45, 7) is 2.21. The molecule has 1 atom stereocenters. The third kappa shape index (κ3) is 4.10. The van der Waals surface area contributed by atoms with Crippen LogP contribution in [-0.2, 0) is 11.3 Å². The van der Waals surface area contributed by atoms with E-state index in [-0.39, 0.29) is 12.1 Å². The zero-order valence-electron chi connectivity index (χ0n) is 12.7. The summed E-state index contributed by atoms with van der Waals surface area (Å²) in [4.78, 5) is 0. The third-order valence-electron chi connectivity index (χ3n) is 3.77. The van der Waals surface area contributed by atoms with Gasteiger partial charge in [0.05, 0.1) is 12.1 Å². The van der Waals surface area contributed by atoms with Crippen molar-refractivity contribution >= 4 is 11.8 Å². The molecular weight excluding hydrogens is 278 g/mol. The Morgan fingerprint density at radius 1 is 1.10 bits per heavy atom. The molecule has 0 aliphatic rings. The molecule has 2 nitrogen and oxygen atoms in total. The van der Waals surface area contributed by atoms with E-state index < -0.39 is 0 Å². The Balaban J connectivity index is 2.04. The van der Waals surface area contributed by atoms with Crippen molar-refractivity contribution < 1.29 is 5.11 Å². The van der Waals surface area contributed by atoms with Crippen LogP contribution in [0.15, 0.2) is 54.6 Å². The zero-order chi connectivity index (χ0) is 15.1. The van der Waals surface area contributed by atoms with Gasteiger partial charge in [-0.2, -0.15) is 11.8 Å². The van der Waals surface area contributed by atoms with Crippen LogP contribution in [0.25, 0.3) is 0 Å². The Labute approximate surface area is 131 Å². The SMILES string of the molecule is CNC(CO)(CSCc1cccc(C)c1)c1ccccc1. The minimum Gasteiger partial charge on any atom is -0.394 e. The Morgan fingerprint density at radius 3 is 2.48 bits per heavy atom. The number of hydrogen-bond acceptors (Lipinski definition) is 3. The number of hydrogen-bond donors (Lipinski definition) is 2. The predicted octanol–water partition coefficient (Wildman–Crippen LogP) is 3.34. The Morgan fingerprint density at radius 2 is 1.86 bits per heavy atom. The Kier molecular flexibility index (Phi) is 5.85. The number of aryl methyl sites for hydroxylation is 1. The van der Waals surface area contributed by atoms with Crippen LogP contribution in [0.4, 0.5) is 0 Å². The number of nitrogens with one attached hydrogen (secondary N) is 1. The molecule has 2 N–H and O–H groups in total. The molecule has 3 heteroatoms. The highest BCUT2D eigenvalue weighted by molar-refractivity contribution is 7.98. The molecule has 0 bridgehead atoms. The van der Waals surface area contributed by atoms with E-state index in [1.165, 1.54) is 11.1 Å². The van der Waals surface area contributed by atoms with Crippen LogP contribution in [0.5, 0.6) is 0 Å². The molecule has 1 unspecified atom stereocenters. The summed E-state index contributed by atoms with van der Waals surface area (Å²) in [6, 6.07) is 18.8. The highest BCUT2D eigenvalue weighted by Crippen LogP contribution is 2.27. The lowest BCUT2D eigenvalue weighted by Crippen LogP contribution is -2.45. The summed E-state index contributed by atoms with van der Waals surface area (Å²) in [7, 11) is 1.91. The van der Waals surface area contributed by atoms with Crippen LogP contribution in [0.3, 0.4) is 0 Å². The van der Waals surface area contributed by atoms with Gasteiger partial charge in [-0.15, -0.1) is 0 Å². The van der Waals surface area contributed by atoms with E-state index in [0.717, 1.165) is 17.1 Å². The van der Waals surface area contributed by atoms with Gasteiger partial charge >= 0.3 is 0 Å². The van der Waals surface area contributed by atoms with Crippen molar-refractivity contribution in [2.45, 2.75) is 18.2 Å². The van der Waals surface area contributed by atoms with E-state index in [9.17, 15) is 5.11 Å². The van der Waals surface area contributed by atoms with Crippen molar-refractivity contribution in [3.63, 3.8) is 0 Å². The van der Waals surface area contributed by atoms with Gasteiger partial charge in [-0.25, -0.2) is 0 Å². The van der Waals surface area contributed by atoms with Crippen molar-refractivity contribution in [1.29, 1.82) is 0 Å². The van der Waals surface area contributed by atoms with Crippen molar-refractivity contribution in [3.8, 4) is 0 Å². The van der Waals surface area contributed by atoms with Gasteiger partial charge in [0, 0.05) is 11.5 Å². The molecular formula is C18H23NOS. The van der Waals surface area contributed by atoms with E-state index in [1.54, 1.807) is 0 Å². The standard InChI is InChI=1S/C18H23NOS/c1-15-7-6-8-16(11-15)12-21-14-18(13-20,19-2)17-9-4-3-5-10-17/h3-11,19-20H,12-14H2,1-2H3. The van der Waals surface area contributed by atoms with Crippen LogP contribution in [0, 0.1) is 6.92 Å². The van der Waals surface area contributed by atoms with Gasteiger partial charge in [0.2, 0.25) is 0 Å². The van der Waals surface area contributed by atoms with Crippen molar-refractivity contribution in [2.75, 3.05) is 19.4 Å². The highest BCUT2D eigenvalue weighted by Gasteiger charge is 2.29.